The fourth-order valence-corrected chi connectivity index (χ4v) is 2.58. The smallest absolute Gasteiger partial charge is 0.338 e. The van der Waals surface area contributed by atoms with E-state index in [1.165, 1.54) is 5.56 Å². The quantitative estimate of drug-likeness (QED) is 0.628. The van der Waals surface area contributed by atoms with E-state index in [4.69, 9.17) is 9.47 Å². The molecule has 0 aliphatic rings. The number of carbonyl (C=O) groups is 1. The van der Waals surface area contributed by atoms with Gasteiger partial charge in [-0.25, -0.2) is 4.79 Å². The van der Waals surface area contributed by atoms with Crippen molar-refractivity contribution in [2.75, 3.05) is 6.61 Å². The molecule has 0 radical (unpaired) electrons. The molecule has 0 bridgehead atoms. The van der Waals surface area contributed by atoms with Crippen LogP contribution in [0.15, 0.2) is 48.5 Å². The van der Waals surface area contributed by atoms with Crippen molar-refractivity contribution in [1.29, 1.82) is 0 Å². The first-order valence-electron chi connectivity index (χ1n) is 8.22. The van der Waals surface area contributed by atoms with Crippen LogP contribution in [0.4, 0.5) is 0 Å². The first-order valence-corrected chi connectivity index (χ1v) is 8.22. The zero-order valence-corrected chi connectivity index (χ0v) is 14.0. The third-order valence-corrected chi connectivity index (χ3v) is 3.94. The maximum Gasteiger partial charge on any atom is 0.338 e. The maximum atomic E-state index is 11.6. The van der Waals surface area contributed by atoms with Crippen LogP contribution in [0.3, 0.4) is 0 Å². The molecule has 0 saturated carbocycles. The van der Waals surface area contributed by atoms with Gasteiger partial charge in [0.15, 0.2) is 0 Å². The van der Waals surface area contributed by atoms with E-state index in [-0.39, 0.29) is 5.97 Å². The van der Waals surface area contributed by atoms with Crippen molar-refractivity contribution < 1.29 is 14.3 Å². The van der Waals surface area contributed by atoms with Crippen molar-refractivity contribution in [3.63, 3.8) is 0 Å². The molecule has 2 aromatic carbocycles. The highest BCUT2D eigenvalue weighted by atomic mass is 16.5. The Labute approximate surface area is 138 Å². The summed E-state index contributed by atoms with van der Waals surface area (Å²) in [5.41, 5.74) is 1.88. The predicted molar refractivity (Wildman–Crippen MR) is 92.2 cm³/mol. The molecular weight excluding hydrogens is 288 g/mol. The number of rotatable bonds is 7. The summed E-state index contributed by atoms with van der Waals surface area (Å²) in [5.74, 6) is 1.79. The summed E-state index contributed by atoms with van der Waals surface area (Å²) in [4.78, 5) is 11.6. The van der Waals surface area contributed by atoms with Crippen LogP contribution in [0.1, 0.15) is 55.5 Å². The molecule has 0 heterocycles. The molecule has 2 aromatic rings. The Morgan fingerprint density at radius 3 is 1.87 bits per heavy atom. The first-order chi connectivity index (χ1) is 11.2. The summed E-state index contributed by atoms with van der Waals surface area (Å²) in [6.07, 6.45) is 2.29. The van der Waals surface area contributed by atoms with Crippen LogP contribution < -0.4 is 4.74 Å². The average molecular weight is 312 g/mol. The fraction of sp³-hybridized carbons (Fsp3) is 0.350. The Kier molecular flexibility index (Phi) is 6.21. The second-order valence-electron chi connectivity index (χ2n) is 5.43. The SMILES string of the molecule is CCOC(=O)c1ccc(Oc2ccc(C(CC)CC)cc2)cc1. The van der Waals surface area contributed by atoms with Gasteiger partial charge in [-0.3, -0.25) is 0 Å². The van der Waals surface area contributed by atoms with Crippen molar-refractivity contribution in [1.82, 2.24) is 0 Å². The second kappa shape index (κ2) is 8.37. The zero-order chi connectivity index (χ0) is 16.7. The van der Waals surface area contributed by atoms with E-state index >= 15 is 0 Å². The Bertz CT molecular complexity index is 610. The highest BCUT2D eigenvalue weighted by Gasteiger charge is 2.08. The molecular formula is C20H24O3. The van der Waals surface area contributed by atoms with Crippen molar-refractivity contribution in [2.24, 2.45) is 0 Å². The monoisotopic (exact) mass is 312 g/mol. The van der Waals surface area contributed by atoms with Gasteiger partial charge in [-0.15, -0.1) is 0 Å². The molecule has 23 heavy (non-hydrogen) atoms. The molecule has 122 valence electrons. The standard InChI is InChI=1S/C20H24O3/c1-4-15(5-2)16-7-11-18(12-8-16)23-19-13-9-17(10-14-19)20(21)22-6-3/h7-15H,4-6H2,1-3H3. The number of esters is 1. The van der Waals surface area contributed by atoms with Crippen molar-refractivity contribution in [3.05, 3.63) is 59.7 Å². The van der Waals surface area contributed by atoms with Crippen LogP contribution in [0.25, 0.3) is 0 Å². The molecule has 3 heteroatoms. The van der Waals surface area contributed by atoms with E-state index in [9.17, 15) is 4.79 Å². The topological polar surface area (TPSA) is 35.5 Å². The molecule has 0 unspecified atom stereocenters. The fourth-order valence-electron chi connectivity index (χ4n) is 2.58. The van der Waals surface area contributed by atoms with Crippen molar-refractivity contribution >= 4 is 5.97 Å². The average Bonchev–Trinajstić information content (AvgIpc) is 2.58. The van der Waals surface area contributed by atoms with Crippen molar-refractivity contribution in [3.8, 4) is 11.5 Å². The molecule has 3 nitrogen and oxygen atoms in total. The second-order valence-corrected chi connectivity index (χ2v) is 5.43. The van der Waals surface area contributed by atoms with Gasteiger partial charge >= 0.3 is 5.97 Å². The number of ether oxygens (including phenoxy) is 2. The Morgan fingerprint density at radius 2 is 1.39 bits per heavy atom. The largest absolute Gasteiger partial charge is 0.462 e. The van der Waals surface area contributed by atoms with E-state index in [1.54, 1.807) is 31.2 Å². The minimum absolute atomic E-state index is 0.312. The summed E-state index contributed by atoms with van der Waals surface area (Å²) < 4.78 is 10.8. The summed E-state index contributed by atoms with van der Waals surface area (Å²) in [5, 5.41) is 0. The predicted octanol–water partition coefficient (Wildman–Crippen LogP) is 5.56. The normalized spacial score (nSPS) is 10.6. The van der Waals surface area contributed by atoms with Crippen LogP contribution in [-0.4, -0.2) is 12.6 Å². The number of hydrogen-bond donors (Lipinski definition) is 0. The van der Waals surface area contributed by atoms with E-state index in [0.29, 0.717) is 23.8 Å². The highest BCUT2D eigenvalue weighted by molar-refractivity contribution is 5.89. The summed E-state index contributed by atoms with van der Waals surface area (Å²) in [6, 6.07) is 15.2. The van der Waals surface area contributed by atoms with E-state index in [0.717, 1.165) is 18.6 Å². The lowest BCUT2D eigenvalue weighted by Gasteiger charge is -2.13. The molecule has 0 aliphatic heterocycles. The van der Waals surface area contributed by atoms with Gasteiger partial charge in [0, 0.05) is 0 Å². The van der Waals surface area contributed by atoms with Crippen LogP contribution in [0.5, 0.6) is 11.5 Å². The van der Waals surface area contributed by atoms with Crippen molar-refractivity contribution in [2.45, 2.75) is 39.5 Å². The molecule has 0 atom stereocenters. The van der Waals surface area contributed by atoms with E-state index < -0.39 is 0 Å². The molecule has 0 aliphatic carbocycles. The van der Waals surface area contributed by atoms with E-state index in [2.05, 4.69) is 26.0 Å². The van der Waals surface area contributed by atoms with E-state index in [1.807, 2.05) is 12.1 Å². The number of carbonyl (C=O) groups excluding carboxylic acids is 1. The lowest BCUT2D eigenvalue weighted by atomic mass is 9.94. The van der Waals surface area contributed by atoms with Gasteiger partial charge in [-0.05, 0) is 67.6 Å². The van der Waals surface area contributed by atoms with Crippen LogP contribution >= 0.6 is 0 Å². The van der Waals surface area contributed by atoms with Gasteiger partial charge in [0.25, 0.3) is 0 Å². The molecule has 0 saturated heterocycles. The third-order valence-electron chi connectivity index (χ3n) is 3.94. The van der Waals surface area contributed by atoms with Crippen LogP contribution in [0.2, 0.25) is 0 Å². The Hall–Kier alpha value is -2.29. The van der Waals surface area contributed by atoms with Gasteiger partial charge in [-0.1, -0.05) is 26.0 Å². The molecule has 0 amide bonds. The number of hydrogen-bond acceptors (Lipinski definition) is 3. The lowest BCUT2D eigenvalue weighted by Crippen LogP contribution is -2.04. The summed E-state index contributed by atoms with van der Waals surface area (Å²) >= 11 is 0. The van der Waals surface area contributed by atoms with Gasteiger partial charge in [0.1, 0.15) is 11.5 Å². The molecule has 0 N–H and O–H groups in total. The Morgan fingerprint density at radius 1 is 0.870 bits per heavy atom. The maximum absolute atomic E-state index is 11.6. The van der Waals surface area contributed by atoms with Gasteiger partial charge < -0.3 is 9.47 Å². The first kappa shape index (κ1) is 17.1. The Balaban J connectivity index is 2.03. The molecule has 0 aromatic heterocycles. The zero-order valence-electron chi connectivity index (χ0n) is 14.0. The van der Waals surface area contributed by atoms with Crippen LogP contribution in [0, 0.1) is 0 Å². The molecule has 2 rings (SSSR count). The number of benzene rings is 2. The summed E-state index contributed by atoms with van der Waals surface area (Å²) in [6.45, 7) is 6.59. The third kappa shape index (κ3) is 4.59. The minimum Gasteiger partial charge on any atom is -0.462 e. The van der Waals surface area contributed by atoms with Gasteiger partial charge in [0.05, 0.1) is 12.2 Å². The highest BCUT2D eigenvalue weighted by Crippen LogP contribution is 2.27. The minimum atomic E-state index is -0.312. The molecule has 0 spiro atoms. The van der Waals surface area contributed by atoms with Gasteiger partial charge in [0.2, 0.25) is 0 Å². The van der Waals surface area contributed by atoms with Crippen LogP contribution in [-0.2, 0) is 4.74 Å². The summed E-state index contributed by atoms with van der Waals surface area (Å²) in [7, 11) is 0. The lowest BCUT2D eigenvalue weighted by molar-refractivity contribution is 0.0526. The molecule has 0 fully saturated rings. The van der Waals surface area contributed by atoms with Gasteiger partial charge in [-0.2, -0.15) is 0 Å².